The van der Waals surface area contributed by atoms with Crippen LogP contribution in [0.15, 0.2) is 41.0 Å². The van der Waals surface area contributed by atoms with E-state index in [0.717, 1.165) is 37.3 Å². The predicted molar refractivity (Wildman–Crippen MR) is 105 cm³/mol. The number of hydrogen-bond donors (Lipinski definition) is 1. The van der Waals surface area contributed by atoms with Gasteiger partial charge in [0.05, 0.1) is 18.4 Å². The van der Waals surface area contributed by atoms with Gasteiger partial charge in [0.2, 0.25) is 0 Å². The molecule has 1 amide bonds. The Kier molecular flexibility index (Phi) is 4.20. The summed E-state index contributed by atoms with van der Waals surface area (Å²) in [6, 6.07) is 11.8. The van der Waals surface area contributed by atoms with Crippen molar-refractivity contribution in [3.63, 3.8) is 0 Å². The third kappa shape index (κ3) is 3.04. The number of fused-ring (bicyclic) bond motifs is 3. The first-order chi connectivity index (χ1) is 13.2. The zero-order valence-electron chi connectivity index (χ0n) is 15.9. The summed E-state index contributed by atoms with van der Waals surface area (Å²) >= 11 is 0. The molecule has 1 aromatic heterocycles. The largest absolute Gasteiger partial charge is 0.467 e. The van der Waals surface area contributed by atoms with Crippen LogP contribution in [0, 0.1) is 0 Å². The second kappa shape index (κ2) is 6.71. The van der Waals surface area contributed by atoms with Gasteiger partial charge in [-0.25, -0.2) is 0 Å². The fourth-order valence-electron chi connectivity index (χ4n) is 4.98. The molecule has 5 nitrogen and oxygen atoms in total. The number of amides is 1. The van der Waals surface area contributed by atoms with Crippen LogP contribution < -0.4 is 10.2 Å². The molecule has 2 fully saturated rings. The van der Waals surface area contributed by atoms with E-state index in [-0.39, 0.29) is 5.91 Å². The molecule has 0 saturated carbocycles. The smallest absolute Gasteiger partial charge is 0.257 e. The lowest BCUT2D eigenvalue weighted by molar-refractivity contribution is 0.0746. The Morgan fingerprint density at radius 1 is 1.19 bits per heavy atom. The van der Waals surface area contributed by atoms with E-state index in [2.05, 4.69) is 41.4 Å². The first-order valence-electron chi connectivity index (χ1n) is 10.2. The molecule has 3 unspecified atom stereocenters. The van der Waals surface area contributed by atoms with Gasteiger partial charge in [0, 0.05) is 36.9 Å². The monoisotopic (exact) mass is 365 g/mol. The van der Waals surface area contributed by atoms with E-state index in [1.807, 2.05) is 11.0 Å². The summed E-state index contributed by atoms with van der Waals surface area (Å²) in [5, 5.41) is 3.65. The van der Waals surface area contributed by atoms with Gasteiger partial charge in [0.1, 0.15) is 5.76 Å². The first-order valence-corrected chi connectivity index (χ1v) is 10.2. The number of rotatable bonds is 3. The maximum Gasteiger partial charge on any atom is 0.257 e. The summed E-state index contributed by atoms with van der Waals surface area (Å²) in [5.41, 5.74) is 3.36. The van der Waals surface area contributed by atoms with Crippen LogP contribution in [0.3, 0.4) is 0 Å². The van der Waals surface area contributed by atoms with Crippen LogP contribution in [-0.4, -0.2) is 42.0 Å². The van der Waals surface area contributed by atoms with Gasteiger partial charge >= 0.3 is 0 Å². The van der Waals surface area contributed by atoms with Crippen LogP contribution in [0.25, 0.3) is 0 Å². The average molecular weight is 365 g/mol. The third-order valence-corrected chi connectivity index (χ3v) is 6.45. The van der Waals surface area contributed by atoms with Crippen LogP contribution in [-0.2, 0) is 13.0 Å². The summed E-state index contributed by atoms with van der Waals surface area (Å²) in [6.07, 6.45) is 6.18. The van der Waals surface area contributed by atoms with Gasteiger partial charge in [-0.1, -0.05) is 18.2 Å². The fraction of sp³-hybridized carbons (Fsp3) is 0.500. The normalized spacial score (nSPS) is 26.9. The van der Waals surface area contributed by atoms with Gasteiger partial charge in [0.15, 0.2) is 0 Å². The number of carbonyl (C=O) groups excluding carboxylic acids is 1. The standard InChI is InChI=1S/C22H27N3O2/c1-15-12-16-4-2-3-5-20(16)25(15)14-21-19(9-11-27-21)22(26)24-10-8-17-6-7-18(13-24)23-17/h2-5,9,11,15,17-18,23H,6-8,10,12-14H2,1H3. The Balaban J connectivity index is 1.36. The average Bonchev–Trinajstić information content (AvgIpc) is 3.33. The molecule has 2 saturated heterocycles. The zero-order valence-corrected chi connectivity index (χ0v) is 15.9. The minimum atomic E-state index is 0.119. The second-order valence-electron chi connectivity index (χ2n) is 8.24. The lowest BCUT2D eigenvalue weighted by atomic mass is 10.1. The van der Waals surface area contributed by atoms with E-state index in [0.29, 0.717) is 24.7 Å². The summed E-state index contributed by atoms with van der Waals surface area (Å²) in [7, 11) is 0. The van der Waals surface area contributed by atoms with Gasteiger partial charge < -0.3 is 19.5 Å². The van der Waals surface area contributed by atoms with Gasteiger partial charge in [-0.3, -0.25) is 4.79 Å². The molecule has 5 heteroatoms. The molecule has 0 aliphatic carbocycles. The molecule has 3 atom stereocenters. The van der Waals surface area contributed by atoms with Crippen molar-refractivity contribution < 1.29 is 9.21 Å². The molecule has 142 valence electrons. The van der Waals surface area contributed by atoms with Crippen molar-refractivity contribution in [3.8, 4) is 0 Å². The van der Waals surface area contributed by atoms with E-state index in [4.69, 9.17) is 4.42 Å². The highest BCUT2D eigenvalue weighted by Gasteiger charge is 2.33. The SMILES string of the molecule is CC1Cc2ccccc2N1Cc1occc1C(=O)N1CCC2CCC(C1)N2. The van der Waals surface area contributed by atoms with Gasteiger partial charge in [-0.05, 0) is 50.3 Å². The molecule has 5 rings (SSSR count). The Morgan fingerprint density at radius 3 is 2.96 bits per heavy atom. The summed E-state index contributed by atoms with van der Waals surface area (Å²) in [5.74, 6) is 0.902. The molecule has 0 radical (unpaired) electrons. The summed E-state index contributed by atoms with van der Waals surface area (Å²) < 4.78 is 5.79. The van der Waals surface area contributed by atoms with E-state index >= 15 is 0 Å². The Labute approximate surface area is 160 Å². The molecule has 1 aromatic carbocycles. The molecule has 3 aliphatic heterocycles. The number of para-hydroxylation sites is 1. The lowest BCUT2D eigenvalue weighted by Crippen LogP contribution is -2.39. The van der Waals surface area contributed by atoms with Crippen LogP contribution in [0.1, 0.15) is 47.9 Å². The summed E-state index contributed by atoms with van der Waals surface area (Å²) in [4.78, 5) is 17.6. The number of nitrogens with zero attached hydrogens (tertiary/aromatic N) is 2. The van der Waals surface area contributed by atoms with Crippen LogP contribution in [0.4, 0.5) is 5.69 Å². The molecular formula is C22H27N3O2. The number of nitrogens with one attached hydrogen (secondary N) is 1. The lowest BCUT2D eigenvalue weighted by Gasteiger charge is -2.26. The first kappa shape index (κ1) is 16.9. The Morgan fingerprint density at radius 2 is 2.04 bits per heavy atom. The number of anilines is 1. The minimum Gasteiger partial charge on any atom is -0.467 e. The van der Waals surface area contributed by atoms with Crippen LogP contribution >= 0.6 is 0 Å². The summed E-state index contributed by atoms with van der Waals surface area (Å²) in [6.45, 7) is 4.52. The van der Waals surface area contributed by atoms with Crippen molar-refractivity contribution >= 4 is 11.6 Å². The molecule has 3 aliphatic rings. The van der Waals surface area contributed by atoms with E-state index in [9.17, 15) is 4.79 Å². The molecule has 27 heavy (non-hydrogen) atoms. The quantitative estimate of drug-likeness (QED) is 0.907. The van der Waals surface area contributed by atoms with Crippen molar-refractivity contribution in [1.29, 1.82) is 0 Å². The number of benzene rings is 1. The van der Waals surface area contributed by atoms with Crippen molar-refractivity contribution in [2.24, 2.45) is 0 Å². The van der Waals surface area contributed by atoms with Gasteiger partial charge in [-0.2, -0.15) is 0 Å². The van der Waals surface area contributed by atoms with Crippen molar-refractivity contribution in [2.75, 3.05) is 18.0 Å². The number of hydrogen-bond acceptors (Lipinski definition) is 4. The molecule has 0 spiro atoms. The molecule has 1 N–H and O–H groups in total. The number of carbonyl (C=O) groups is 1. The van der Waals surface area contributed by atoms with E-state index in [1.54, 1.807) is 6.26 Å². The molecule has 2 aromatic rings. The highest BCUT2D eigenvalue weighted by Crippen LogP contribution is 2.34. The third-order valence-electron chi connectivity index (χ3n) is 6.45. The Bertz CT molecular complexity index is 846. The van der Waals surface area contributed by atoms with Gasteiger partial charge in [0.25, 0.3) is 5.91 Å². The predicted octanol–water partition coefficient (Wildman–Crippen LogP) is 3.20. The zero-order chi connectivity index (χ0) is 18.4. The van der Waals surface area contributed by atoms with E-state index < -0.39 is 0 Å². The second-order valence-corrected chi connectivity index (χ2v) is 8.24. The van der Waals surface area contributed by atoms with E-state index in [1.165, 1.54) is 24.1 Å². The Hall–Kier alpha value is -2.27. The molecule has 4 heterocycles. The van der Waals surface area contributed by atoms with Crippen molar-refractivity contribution in [1.82, 2.24) is 10.2 Å². The van der Waals surface area contributed by atoms with Gasteiger partial charge in [-0.15, -0.1) is 0 Å². The molecular weight excluding hydrogens is 338 g/mol. The van der Waals surface area contributed by atoms with Crippen LogP contribution in [0.5, 0.6) is 0 Å². The maximum atomic E-state index is 13.2. The fourth-order valence-corrected chi connectivity index (χ4v) is 4.98. The number of furan rings is 1. The van der Waals surface area contributed by atoms with Crippen LogP contribution in [0.2, 0.25) is 0 Å². The minimum absolute atomic E-state index is 0.119. The maximum absolute atomic E-state index is 13.2. The van der Waals surface area contributed by atoms with Crippen molar-refractivity contribution in [2.45, 2.75) is 57.3 Å². The molecule has 2 bridgehead atoms. The topological polar surface area (TPSA) is 48.7 Å². The highest BCUT2D eigenvalue weighted by atomic mass is 16.3. The number of likely N-dealkylation sites (tertiary alicyclic amines) is 1. The highest BCUT2D eigenvalue weighted by molar-refractivity contribution is 5.95. The van der Waals surface area contributed by atoms with Crippen molar-refractivity contribution in [3.05, 3.63) is 53.5 Å².